The lowest BCUT2D eigenvalue weighted by Crippen LogP contribution is -2.54. The van der Waals surface area contributed by atoms with Gasteiger partial charge in [-0.2, -0.15) is 0 Å². The van der Waals surface area contributed by atoms with E-state index in [1.54, 1.807) is 6.92 Å². The van der Waals surface area contributed by atoms with Crippen molar-refractivity contribution in [2.45, 2.75) is 52.7 Å². The minimum Gasteiger partial charge on any atom is -0.350 e. The number of nitrogens with zero attached hydrogens (tertiary/aromatic N) is 3. The molecule has 0 aliphatic heterocycles. The Kier molecular flexibility index (Phi) is 8.61. The molecule has 2 rings (SSSR count). The first-order valence-electron chi connectivity index (χ1n) is 11.0. The van der Waals surface area contributed by atoms with Crippen LogP contribution in [0.15, 0.2) is 48.5 Å². The van der Waals surface area contributed by atoms with Gasteiger partial charge in [0.05, 0.1) is 16.9 Å². The van der Waals surface area contributed by atoms with E-state index in [1.807, 2.05) is 52.0 Å². The Balaban J connectivity index is 2.45. The van der Waals surface area contributed by atoms with Crippen LogP contribution in [0.2, 0.25) is 0 Å². The molecule has 0 bridgehead atoms. The average Bonchev–Trinajstić information content (AvgIpc) is 2.73. The molecular weight excluding hydrogens is 472 g/mol. The Hall–Kier alpha value is -3.47. The number of benzene rings is 2. The molecule has 10 nitrogen and oxygen atoms in total. The topological polar surface area (TPSA) is 130 Å². The average molecular weight is 505 g/mol. The lowest BCUT2D eigenvalue weighted by Gasteiger charge is -2.33. The van der Waals surface area contributed by atoms with E-state index in [0.29, 0.717) is 0 Å². The Morgan fingerprint density at radius 1 is 1.11 bits per heavy atom. The van der Waals surface area contributed by atoms with E-state index in [2.05, 4.69) is 5.32 Å². The summed E-state index contributed by atoms with van der Waals surface area (Å²) in [7, 11) is -3.98. The third-order valence-electron chi connectivity index (χ3n) is 5.11. The number of carbonyl (C=O) groups is 2. The number of hydrogen-bond donors (Lipinski definition) is 1. The van der Waals surface area contributed by atoms with Crippen LogP contribution < -0.4 is 9.62 Å². The number of carbonyl (C=O) groups excluding carboxylic acids is 2. The second-order valence-corrected chi connectivity index (χ2v) is 11.4. The number of nitro groups is 1. The molecule has 0 unspecified atom stereocenters. The number of amides is 2. The zero-order valence-corrected chi connectivity index (χ0v) is 21.6. The summed E-state index contributed by atoms with van der Waals surface area (Å²) in [6.45, 7) is 8.38. The molecule has 0 saturated heterocycles. The molecule has 2 aromatic rings. The van der Waals surface area contributed by atoms with Gasteiger partial charge in [0.2, 0.25) is 21.8 Å². The summed E-state index contributed by atoms with van der Waals surface area (Å²) in [4.78, 5) is 38.3. The van der Waals surface area contributed by atoms with Gasteiger partial charge >= 0.3 is 0 Å². The molecule has 2 amide bonds. The second-order valence-electron chi connectivity index (χ2n) is 9.47. The van der Waals surface area contributed by atoms with Gasteiger partial charge in [-0.05, 0) is 46.2 Å². The van der Waals surface area contributed by atoms with Crippen LogP contribution in [0.25, 0.3) is 0 Å². The van der Waals surface area contributed by atoms with Gasteiger partial charge < -0.3 is 10.2 Å². The largest absolute Gasteiger partial charge is 0.350 e. The normalized spacial score (nSPS) is 12.5. The minimum absolute atomic E-state index is 0.0163. The number of sulfonamides is 1. The van der Waals surface area contributed by atoms with E-state index in [1.165, 1.54) is 23.1 Å². The van der Waals surface area contributed by atoms with Gasteiger partial charge in [0, 0.05) is 24.2 Å². The molecule has 11 heteroatoms. The van der Waals surface area contributed by atoms with Crippen molar-refractivity contribution in [3.8, 4) is 0 Å². The zero-order chi connectivity index (χ0) is 26.6. The number of non-ortho nitro benzene ring substituents is 1. The summed E-state index contributed by atoms with van der Waals surface area (Å²) < 4.78 is 25.9. The number of nitrogens with one attached hydrogen (secondary N) is 1. The van der Waals surface area contributed by atoms with Crippen LogP contribution in [-0.2, 0) is 26.2 Å². The fourth-order valence-electron chi connectivity index (χ4n) is 3.44. The summed E-state index contributed by atoms with van der Waals surface area (Å²) in [5, 5.41) is 14.0. The summed E-state index contributed by atoms with van der Waals surface area (Å²) in [6.07, 6.45) is 0.916. The van der Waals surface area contributed by atoms with Gasteiger partial charge in [0.25, 0.3) is 5.69 Å². The van der Waals surface area contributed by atoms with Crippen molar-refractivity contribution in [3.63, 3.8) is 0 Å². The van der Waals surface area contributed by atoms with Crippen molar-refractivity contribution < 1.29 is 22.9 Å². The Morgan fingerprint density at radius 3 is 2.29 bits per heavy atom. The predicted octanol–water partition coefficient (Wildman–Crippen LogP) is 3.00. The van der Waals surface area contributed by atoms with Crippen molar-refractivity contribution >= 4 is 33.2 Å². The molecule has 0 aliphatic carbocycles. The molecule has 1 N–H and O–H groups in total. The van der Waals surface area contributed by atoms with E-state index in [9.17, 15) is 28.1 Å². The Bertz CT molecular complexity index is 1210. The molecular formula is C24H32N4O6S. The maximum Gasteiger partial charge on any atom is 0.271 e. The van der Waals surface area contributed by atoms with Crippen LogP contribution in [0.4, 0.5) is 11.4 Å². The lowest BCUT2D eigenvalue weighted by molar-refractivity contribution is -0.384. The highest BCUT2D eigenvalue weighted by Crippen LogP contribution is 2.24. The monoisotopic (exact) mass is 504 g/mol. The third-order valence-corrected chi connectivity index (χ3v) is 6.25. The van der Waals surface area contributed by atoms with Gasteiger partial charge in [0.1, 0.15) is 12.6 Å². The van der Waals surface area contributed by atoms with Crippen molar-refractivity contribution in [2.75, 3.05) is 17.1 Å². The molecule has 2 aromatic carbocycles. The number of rotatable bonds is 9. The molecule has 1 atom stereocenters. The SMILES string of the molecule is Cc1cccc(CN(C(=O)CN(c2cccc([N+](=O)[O-])c2)S(C)(=O)=O)[C@@H](C)C(=O)NC(C)(C)C)c1. The molecule has 0 fully saturated rings. The summed E-state index contributed by atoms with van der Waals surface area (Å²) in [6, 6.07) is 11.6. The van der Waals surface area contributed by atoms with Gasteiger partial charge in [-0.15, -0.1) is 0 Å². The minimum atomic E-state index is -3.98. The van der Waals surface area contributed by atoms with Crippen molar-refractivity contribution in [3.05, 3.63) is 69.8 Å². The highest BCUT2D eigenvalue weighted by Gasteiger charge is 2.31. The molecule has 0 aliphatic rings. The molecule has 35 heavy (non-hydrogen) atoms. The quantitative estimate of drug-likeness (QED) is 0.413. The number of nitro benzene ring substituents is 1. The smallest absolute Gasteiger partial charge is 0.271 e. The van der Waals surface area contributed by atoms with Gasteiger partial charge in [-0.25, -0.2) is 8.42 Å². The first kappa shape index (κ1) is 27.8. The Labute approximate surface area is 206 Å². The number of hydrogen-bond acceptors (Lipinski definition) is 6. The Morgan fingerprint density at radius 2 is 1.74 bits per heavy atom. The molecule has 0 heterocycles. The fraction of sp³-hybridized carbons (Fsp3) is 0.417. The van der Waals surface area contributed by atoms with Crippen LogP contribution in [0.5, 0.6) is 0 Å². The van der Waals surface area contributed by atoms with Gasteiger partial charge in [-0.1, -0.05) is 35.9 Å². The van der Waals surface area contributed by atoms with Crippen molar-refractivity contribution in [2.24, 2.45) is 0 Å². The van der Waals surface area contributed by atoms with E-state index in [4.69, 9.17) is 0 Å². The van der Waals surface area contributed by atoms with E-state index in [-0.39, 0.29) is 23.8 Å². The van der Waals surface area contributed by atoms with Crippen LogP contribution in [0.1, 0.15) is 38.8 Å². The first-order valence-corrected chi connectivity index (χ1v) is 12.8. The van der Waals surface area contributed by atoms with Crippen molar-refractivity contribution in [1.82, 2.24) is 10.2 Å². The molecule has 0 aromatic heterocycles. The molecule has 0 saturated carbocycles. The summed E-state index contributed by atoms with van der Waals surface area (Å²) >= 11 is 0. The number of aryl methyl sites for hydroxylation is 1. The predicted molar refractivity (Wildman–Crippen MR) is 134 cm³/mol. The highest BCUT2D eigenvalue weighted by atomic mass is 32.2. The van der Waals surface area contributed by atoms with E-state index in [0.717, 1.165) is 27.8 Å². The summed E-state index contributed by atoms with van der Waals surface area (Å²) in [5.41, 5.74) is 0.882. The fourth-order valence-corrected chi connectivity index (χ4v) is 4.28. The third kappa shape index (κ3) is 8.06. The van der Waals surface area contributed by atoms with Crippen LogP contribution in [0.3, 0.4) is 0 Å². The van der Waals surface area contributed by atoms with E-state index < -0.39 is 39.0 Å². The maximum absolute atomic E-state index is 13.5. The maximum atomic E-state index is 13.5. The second kappa shape index (κ2) is 10.9. The zero-order valence-electron chi connectivity index (χ0n) is 20.8. The van der Waals surface area contributed by atoms with Gasteiger partial charge in [0.15, 0.2) is 0 Å². The van der Waals surface area contributed by atoms with Crippen LogP contribution in [-0.4, -0.2) is 54.4 Å². The number of anilines is 1. The standard InChI is InChI=1S/C24H32N4O6S/c1-17-9-7-10-19(13-17)15-26(18(2)23(30)25-24(3,4)5)22(29)16-27(35(6,33)34)20-11-8-12-21(14-20)28(31)32/h7-14,18H,15-16H2,1-6H3,(H,25,30)/t18-/m0/s1. The molecule has 0 spiro atoms. The van der Waals surface area contributed by atoms with E-state index >= 15 is 0 Å². The molecule has 0 radical (unpaired) electrons. The lowest BCUT2D eigenvalue weighted by atomic mass is 10.1. The van der Waals surface area contributed by atoms with Crippen molar-refractivity contribution in [1.29, 1.82) is 0 Å². The van der Waals surface area contributed by atoms with Gasteiger partial charge in [-0.3, -0.25) is 24.0 Å². The summed E-state index contributed by atoms with van der Waals surface area (Å²) in [5.74, 6) is -1.01. The molecule has 190 valence electrons. The first-order chi connectivity index (χ1) is 16.1. The van der Waals surface area contributed by atoms with Crippen LogP contribution in [0, 0.1) is 17.0 Å². The highest BCUT2D eigenvalue weighted by molar-refractivity contribution is 7.92. The van der Waals surface area contributed by atoms with Crippen LogP contribution >= 0.6 is 0 Å².